The second kappa shape index (κ2) is 5.46. The summed E-state index contributed by atoms with van der Waals surface area (Å²) in [5.41, 5.74) is 6.20. The molecule has 0 aliphatic rings. The first-order chi connectivity index (χ1) is 9.04. The van der Waals surface area contributed by atoms with E-state index in [1.807, 2.05) is 0 Å². The largest absolute Gasteiger partial charge is 0.461 e. The van der Waals surface area contributed by atoms with Gasteiger partial charge in [0.15, 0.2) is 5.82 Å². The van der Waals surface area contributed by atoms with E-state index in [1.54, 1.807) is 25.1 Å². The highest BCUT2D eigenvalue weighted by molar-refractivity contribution is 6.34. The number of anilines is 1. The van der Waals surface area contributed by atoms with E-state index in [2.05, 4.69) is 10.3 Å². The van der Waals surface area contributed by atoms with Gasteiger partial charge in [0, 0.05) is 5.02 Å². The molecule has 100 valence electrons. The van der Waals surface area contributed by atoms with Crippen LogP contribution in [-0.4, -0.2) is 27.6 Å². The maximum Gasteiger partial charge on any atom is 0.362 e. The molecule has 0 spiro atoms. The molecule has 0 saturated heterocycles. The zero-order valence-electron chi connectivity index (χ0n) is 9.93. The highest BCUT2D eigenvalue weighted by Crippen LogP contribution is 2.26. The van der Waals surface area contributed by atoms with Gasteiger partial charge < -0.3 is 10.5 Å². The molecule has 1 heterocycles. The fourth-order valence-electron chi connectivity index (χ4n) is 1.46. The Morgan fingerprint density at radius 1 is 1.47 bits per heavy atom. The molecule has 0 fully saturated rings. The third-order valence-electron chi connectivity index (χ3n) is 2.31. The molecule has 2 N–H and O–H groups in total. The van der Waals surface area contributed by atoms with Crippen LogP contribution in [-0.2, 0) is 4.74 Å². The number of rotatable bonds is 3. The Labute approximate surface area is 119 Å². The van der Waals surface area contributed by atoms with Gasteiger partial charge >= 0.3 is 5.97 Å². The maximum absolute atomic E-state index is 11.6. The first kappa shape index (κ1) is 13.6. The SMILES string of the molecule is CCOC(=O)c1nnn(-c2cc(Cl)ccc2Cl)c1N. The molecular weight excluding hydrogens is 291 g/mol. The van der Waals surface area contributed by atoms with Crippen LogP contribution in [0.1, 0.15) is 17.4 Å². The van der Waals surface area contributed by atoms with Crippen molar-refractivity contribution in [2.75, 3.05) is 12.3 Å². The number of hydrogen-bond donors (Lipinski definition) is 1. The van der Waals surface area contributed by atoms with E-state index in [0.717, 1.165) is 0 Å². The van der Waals surface area contributed by atoms with Gasteiger partial charge in [-0.25, -0.2) is 4.79 Å². The minimum atomic E-state index is -0.635. The number of carbonyl (C=O) groups is 1. The predicted molar refractivity (Wildman–Crippen MR) is 71.7 cm³/mol. The van der Waals surface area contributed by atoms with Crippen molar-refractivity contribution in [2.24, 2.45) is 0 Å². The lowest BCUT2D eigenvalue weighted by molar-refractivity contribution is 0.0520. The lowest BCUT2D eigenvalue weighted by Crippen LogP contribution is -2.09. The lowest BCUT2D eigenvalue weighted by Gasteiger charge is -2.06. The summed E-state index contributed by atoms with van der Waals surface area (Å²) in [6.07, 6.45) is 0. The summed E-state index contributed by atoms with van der Waals surface area (Å²) in [5, 5.41) is 8.33. The lowest BCUT2D eigenvalue weighted by atomic mass is 10.3. The summed E-state index contributed by atoms with van der Waals surface area (Å²) in [6.45, 7) is 1.91. The maximum atomic E-state index is 11.6. The average Bonchev–Trinajstić information content (AvgIpc) is 2.74. The molecule has 8 heteroatoms. The van der Waals surface area contributed by atoms with Crippen molar-refractivity contribution in [3.8, 4) is 5.69 Å². The molecular formula is C11H10Cl2N4O2. The molecule has 0 saturated carbocycles. The van der Waals surface area contributed by atoms with Gasteiger partial charge in [-0.15, -0.1) is 5.10 Å². The number of ether oxygens (including phenoxy) is 1. The molecule has 0 atom stereocenters. The van der Waals surface area contributed by atoms with Gasteiger partial charge in [-0.3, -0.25) is 0 Å². The van der Waals surface area contributed by atoms with Gasteiger partial charge in [-0.1, -0.05) is 28.4 Å². The van der Waals surface area contributed by atoms with E-state index in [-0.39, 0.29) is 18.1 Å². The van der Waals surface area contributed by atoms with Gasteiger partial charge in [0.05, 0.1) is 17.3 Å². The van der Waals surface area contributed by atoms with E-state index in [4.69, 9.17) is 33.7 Å². The second-order valence-corrected chi connectivity index (χ2v) is 4.39. The fourth-order valence-corrected chi connectivity index (χ4v) is 1.82. The minimum absolute atomic E-state index is 0.0441. The standard InChI is InChI=1S/C11H10Cl2N4O2/c1-2-19-11(18)9-10(14)17(16-15-9)8-5-6(12)3-4-7(8)13/h3-5H,2,14H2,1H3. The number of nitrogen functional groups attached to an aromatic ring is 1. The van der Waals surface area contributed by atoms with Gasteiger partial charge in [-0.05, 0) is 25.1 Å². The third-order valence-corrected chi connectivity index (χ3v) is 2.86. The third kappa shape index (κ3) is 2.64. The Bertz CT molecular complexity index is 627. The summed E-state index contributed by atoms with van der Waals surface area (Å²) in [6, 6.07) is 4.81. The topological polar surface area (TPSA) is 83.0 Å². The summed E-state index contributed by atoms with van der Waals surface area (Å²) < 4.78 is 6.05. The van der Waals surface area contributed by atoms with Crippen LogP contribution in [0.25, 0.3) is 5.69 Å². The molecule has 0 aliphatic heterocycles. The Hall–Kier alpha value is -1.79. The molecule has 1 aromatic carbocycles. The molecule has 1 aromatic heterocycles. The molecule has 2 rings (SSSR count). The number of halogens is 2. The quantitative estimate of drug-likeness (QED) is 0.880. The monoisotopic (exact) mass is 300 g/mol. The Morgan fingerprint density at radius 3 is 2.89 bits per heavy atom. The average molecular weight is 301 g/mol. The van der Waals surface area contributed by atoms with Crippen molar-refractivity contribution in [3.05, 3.63) is 33.9 Å². The number of nitrogens with zero attached hydrogens (tertiary/aromatic N) is 3. The summed E-state index contributed by atoms with van der Waals surface area (Å²) in [5.74, 6) is -0.591. The summed E-state index contributed by atoms with van der Waals surface area (Å²) >= 11 is 11.9. The number of esters is 1. The van der Waals surface area contributed by atoms with Crippen molar-refractivity contribution < 1.29 is 9.53 Å². The van der Waals surface area contributed by atoms with E-state index in [9.17, 15) is 4.79 Å². The first-order valence-corrected chi connectivity index (χ1v) is 6.14. The molecule has 2 aromatic rings. The van der Waals surface area contributed by atoms with Crippen molar-refractivity contribution >= 4 is 35.0 Å². The van der Waals surface area contributed by atoms with E-state index in [1.165, 1.54) is 4.68 Å². The molecule has 19 heavy (non-hydrogen) atoms. The molecule has 0 amide bonds. The number of carbonyl (C=O) groups excluding carboxylic acids is 1. The second-order valence-electron chi connectivity index (χ2n) is 3.55. The highest BCUT2D eigenvalue weighted by atomic mass is 35.5. The van der Waals surface area contributed by atoms with Crippen LogP contribution in [0.15, 0.2) is 18.2 Å². The van der Waals surface area contributed by atoms with Crippen LogP contribution >= 0.6 is 23.2 Å². The smallest absolute Gasteiger partial charge is 0.362 e. The number of benzene rings is 1. The van der Waals surface area contributed by atoms with E-state index < -0.39 is 5.97 Å². The van der Waals surface area contributed by atoms with Crippen LogP contribution < -0.4 is 5.73 Å². The molecule has 6 nitrogen and oxygen atoms in total. The van der Waals surface area contributed by atoms with Crippen LogP contribution in [0.5, 0.6) is 0 Å². The summed E-state index contributed by atoms with van der Waals surface area (Å²) in [4.78, 5) is 11.6. The zero-order chi connectivity index (χ0) is 14.0. The molecule has 0 unspecified atom stereocenters. The number of aromatic nitrogens is 3. The Balaban J connectivity index is 2.47. The Kier molecular flexibility index (Phi) is 3.92. The zero-order valence-corrected chi connectivity index (χ0v) is 11.4. The van der Waals surface area contributed by atoms with Crippen LogP contribution in [0.3, 0.4) is 0 Å². The fraction of sp³-hybridized carbons (Fsp3) is 0.182. The van der Waals surface area contributed by atoms with E-state index in [0.29, 0.717) is 15.7 Å². The Morgan fingerprint density at radius 2 is 2.21 bits per heavy atom. The molecule has 0 radical (unpaired) electrons. The minimum Gasteiger partial charge on any atom is -0.461 e. The van der Waals surface area contributed by atoms with Crippen LogP contribution in [0.4, 0.5) is 5.82 Å². The van der Waals surface area contributed by atoms with Crippen molar-refractivity contribution in [2.45, 2.75) is 6.92 Å². The van der Waals surface area contributed by atoms with Gasteiger partial charge in [0.25, 0.3) is 0 Å². The first-order valence-electron chi connectivity index (χ1n) is 5.38. The van der Waals surface area contributed by atoms with E-state index >= 15 is 0 Å². The highest BCUT2D eigenvalue weighted by Gasteiger charge is 2.20. The predicted octanol–water partition coefficient (Wildman–Crippen LogP) is 2.33. The number of hydrogen-bond acceptors (Lipinski definition) is 5. The van der Waals surface area contributed by atoms with Crippen molar-refractivity contribution in [1.82, 2.24) is 15.0 Å². The van der Waals surface area contributed by atoms with Crippen molar-refractivity contribution in [1.29, 1.82) is 0 Å². The van der Waals surface area contributed by atoms with Crippen molar-refractivity contribution in [3.63, 3.8) is 0 Å². The van der Waals surface area contributed by atoms with Gasteiger partial charge in [0.2, 0.25) is 5.69 Å². The normalized spacial score (nSPS) is 10.5. The molecule has 0 aliphatic carbocycles. The van der Waals surface area contributed by atoms with Crippen LogP contribution in [0.2, 0.25) is 10.0 Å². The molecule has 0 bridgehead atoms. The van der Waals surface area contributed by atoms with Crippen LogP contribution in [0, 0.1) is 0 Å². The number of nitrogens with two attached hydrogens (primary N) is 1. The summed E-state index contributed by atoms with van der Waals surface area (Å²) in [7, 11) is 0. The van der Waals surface area contributed by atoms with Gasteiger partial charge in [0.1, 0.15) is 0 Å². The van der Waals surface area contributed by atoms with Gasteiger partial charge in [-0.2, -0.15) is 4.68 Å².